The third-order valence-corrected chi connectivity index (χ3v) is 2.72. The minimum atomic E-state index is -0.0948. The summed E-state index contributed by atoms with van der Waals surface area (Å²) >= 11 is 0. The van der Waals surface area contributed by atoms with Crippen LogP contribution in [0.15, 0.2) is 24.5 Å². The van der Waals surface area contributed by atoms with Crippen LogP contribution in [0.2, 0.25) is 0 Å². The SMILES string of the molecule is Cn1cnc2cc(NC(C)(C)CN)ccc21. The molecule has 0 saturated heterocycles. The van der Waals surface area contributed by atoms with Crippen molar-refractivity contribution in [3.63, 3.8) is 0 Å². The molecule has 2 rings (SSSR count). The van der Waals surface area contributed by atoms with Crippen LogP contribution in [0, 0.1) is 0 Å². The highest BCUT2D eigenvalue weighted by Crippen LogP contribution is 2.20. The maximum Gasteiger partial charge on any atom is 0.0955 e. The molecule has 0 unspecified atom stereocenters. The number of imidazole rings is 1. The first-order valence-electron chi connectivity index (χ1n) is 5.41. The molecule has 4 heteroatoms. The van der Waals surface area contributed by atoms with Crippen LogP contribution < -0.4 is 11.1 Å². The predicted molar refractivity (Wildman–Crippen MR) is 67.5 cm³/mol. The molecule has 4 nitrogen and oxygen atoms in total. The van der Waals surface area contributed by atoms with Crippen molar-refractivity contribution < 1.29 is 0 Å². The second-order valence-electron chi connectivity index (χ2n) is 4.77. The summed E-state index contributed by atoms with van der Waals surface area (Å²) in [7, 11) is 1.99. The number of anilines is 1. The Morgan fingerprint density at radius 2 is 2.19 bits per heavy atom. The molecule has 1 aromatic heterocycles. The predicted octanol–water partition coefficient (Wildman–Crippen LogP) is 1.72. The molecule has 2 aromatic rings. The van der Waals surface area contributed by atoms with Crippen molar-refractivity contribution in [2.75, 3.05) is 11.9 Å². The molecule has 0 amide bonds. The fraction of sp³-hybridized carbons (Fsp3) is 0.417. The normalized spacial score (nSPS) is 12.0. The Morgan fingerprint density at radius 1 is 1.44 bits per heavy atom. The van der Waals surface area contributed by atoms with E-state index in [1.165, 1.54) is 0 Å². The first-order chi connectivity index (χ1) is 7.52. The van der Waals surface area contributed by atoms with Gasteiger partial charge in [-0.05, 0) is 32.0 Å². The number of nitrogens with one attached hydrogen (secondary N) is 1. The van der Waals surface area contributed by atoms with Crippen LogP contribution in [0.1, 0.15) is 13.8 Å². The lowest BCUT2D eigenvalue weighted by molar-refractivity contribution is 0.580. The van der Waals surface area contributed by atoms with Crippen molar-refractivity contribution in [2.24, 2.45) is 12.8 Å². The molecule has 0 aliphatic heterocycles. The van der Waals surface area contributed by atoms with E-state index in [0.29, 0.717) is 6.54 Å². The molecule has 0 aliphatic carbocycles. The van der Waals surface area contributed by atoms with E-state index in [-0.39, 0.29) is 5.54 Å². The van der Waals surface area contributed by atoms with Gasteiger partial charge >= 0.3 is 0 Å². The highest BCUT2D eigenvalue weighted by molar-refractivity contribution is 5.79. The van der Waals surface area contributed by atoms with Gasteiger partial charge in [0.1, 0.15) is 0 Å². The van der Waals surface area contributed by atoms with Gasteiger partial charge < -0.3 is 15.6 Å². The van der Waals surface area contributed by atoms with Crippen LogP contribution in [0.4, 0.5) is 5.69 Å². The van der Waals surface area contributed by atoms with Crippen molar-refractivity contribution >= 4 is 16.7 Å². The number of aryl methyl sites for hydroxylation is 1. The van der Waals surface area contributed by atoms with E-state index in [1.54, 1.807) is 0 Å². The number of fused-ring (bicyclic) bond motifs is 1. The van der Waals surface area contributed by atoms with Crippen molar-refractivity contribution in [3.05, 3.63) is 24.5 Å². The van der Waals surface area contributed by atoms with Gasteiger partial charge in [-0.1, -0.05) is 0 Å². The molecule has 0 atom stereocenters. The summed E-state index contributed by atoms with van der Waals surface area (Å²) in [6.45, 7) is 4.75. The van der Waals surface area contributed by atoms with Gasteiger partial charge in [-0.3, -0.25) is 0 Å². The summed E-state index contributed by atoms with van der Waals surface area (Å²) in [6.07, 6.45) is 1.82. The molecule has 1 heterocycles. The number of hydrogen-bond donors (Lipinski definition) is 2. The Bertz CT molecular complexity index is 499. The molecular formula is C12H18N4. The number of aromatic nitrogens is 2. The largest absolute Gasteiger partial charge is 0.379 e. The first-order valence-corrected chi connectivity index (χ1v) is 5.41. The summed E-state index contributed by atoms with van der Waals surface area (Å²) < 4.78 is 2.01. The van der Waals surface area contributed by atoms with Crippen molar-refractivity contribution in [1.82, 2.24) is 9.55 Å². The Kier molecular flexibility index (Phi) is 2.59. The standard InChI is InChI=1S/C12H18N4/c1-12(2,7-13)15-9-4-5-11-10(6-9)14-8-16(11)3/h4-6,8,15H,7,13H2,1-3H3. The van der Waals surface area contributed by atoms with Crippen LogP contribution in [0.5, 0.6) is 0 Å². The molecule has 0 bridgehead atoms. The van der Waals surface area contributed by atoms with Crippen LogP contribution in [0.3, 0.4) is 0 Å². The zero-order valence-corrected chi connectivity index (χ0v) is 9.99. The van der Waals surface area contributed by atoms with E-state index >= 15 is 0 Å². The molecule has 16 heavy (non-hydrogen) atoms. The molecule has 0 fully saturated rings. The topological polar surface area (TPSA) is 55.9 Å². The monoisotopic (exact) mass is 218 g/mol. The number of benzene rings is 1. The molecule has 3 N–H and O–H groups in total. The van der Waals surface area contributed by atoms with E-state index < -0.39 is 0 Å². The molecular weight excluding hydrogens is 200 g/mol. The van der Waals surface area contributed by atoms with Gasteiger partial charge in [-0.25, -0.2) is 4.98 Å². The van der Waals surface area contributed by atoms with E-state index in [0.717, 1.165) is 16.7 Å². The first kappa shape index (κ1) is 11.0. The van der Waals surface area contributed by atoms with Crippen LogP contribution in [0.25, 0.3) is 11.0 Å². The van der Waals surface area contributed by atoms with Crippen molar-refractivity contribution in [3.8, 4) is 0 Å². The van der Waals surface area contributed by atoms with E-state index in [9.17, 15) is 0 Å². The Hall–Kier alpha value is -1.55. The third kappa shape index (κ3) is 2.02. The van der Waals surface area contributed by atoms with Gasteiger partial charge in [0.2, 0.25) is 0 Å². The quantitative estimate of drug-likeness (QED) is 0.824. The highest BCUT2D eigenvalue weighted by atomic mass is 15.0. The number of hydrogen-bond acceptors (Lipinski definition) is 3. The summed E-state index contributed by atoms with van der Waals surface area (Å²) in [4.78, 5) is 4.33. The number of nitrogens with two attached hydrogens (primary N) is 1. The minimum absolute atomic E-state index is 0.0948. The van der Waals surface area contributed by atoms with Crippen LogP contribution in [-0.2, 0) is 7.05 Å². The van der Waals surface area contributed by atoms with Crippen LogP contribution in [-0.4, -0.2) is 21.6 Å². The highest BCUT2D eigenvalue weighted by Gasteiger charge is 2.14. The van der Waals surface area contributed by atoms with Gasteiger partial charge in [0.05, 0.1) is 17.4 Å². The second kappa shape index (κ2) is 3.79. The fourth-order valence-corrected chi connectivity index (χ4v) is 1.66. The molecule has 0 aliphatic rings. The molecule has 0 saturated carbocycles. The third-order valence-electron chi connectivity index (χ3n) is 2.72. The van der Waals surface area contributed by atoms with Gasteiger partial charge in [-0.2, -0.15) is 0 Å². The van der Waals surface area contributed by atoms with Gasteiger partial charge in [0.25, 0.3) is 0 Å². The van der Waals surface area contributed by atoms with Gasteiger partial charge in [-0.15, -0.1) is 0 Å². The lowest BCUT2D eigenvalue weighted by Crippen LogP contribution is -2.39. The lowest BCUT2D eigenvalue weighted by Gasteiger charge is -2.25. The summed E-state index contributed by atoms with van der Waals surface area (Å²) in [5, 5.41) is 3.40. The second-order valence-corrected chi connectivity index (χ2v) is 4.77. The molecule has 0 radical (unpaired) electrons. The van der Waals surface area contributed by atoms with Crippen molar-refractivity contribution in [1.29, 1.82) is 0 Å². The fourth-order valence-electron chi connectivity index (χ4n) is 1.66. The average Bonchev–Trinajstić information content (AvgIpc) is 2.60. The zero-order valence-electron chi connectivity index (χ0n) is 9.99. The summed E-state index contributed by atoms with van der Waals surface area (Å²) in [5.41, 5.74) is 8.79. The van der Waals surface area contributed by atoms with E-state index in [1.807, 2.05) is 24.0 Å². The summed E-state index contributed by atoms with van der Waals surface area (Å²) in [5.74, 6) is 0. The average molecular weight is 218 g/mol. The number of nitrogens with zero attached hydrogens (tertiary/aromatic N) is 2. The molecule has 86 valence electrons. The van der Waals surface area contributed by atoms with E-state index in [4.69, 9.17) is 5.73 Å². The minimum Gasteiger partial charge on any atom is -0.379 e. The van der Waals surface area contributed by atoms with Gasteiger partial charge in [0, 0.05) is 24.8 Å². The zero-order chi connectivity index (χ0) is 11.8. The van der Waals surface area contributed by atoms with Crippen molar-refractivity contribution in [2.45, 2.75) is 19.4 Å². The summed E-state index contributed by atoms with van der Waals surface area (Å²) in [6, 6.07) is 6.17. The Labute approximate surface area is 95.5 Å². The smallest absolute Gasteiger partial charge is 0.0955 e. The maximum absolute atomic E-state index is 5.69. The molecule has 1 aromatic carbocycles. The van der Waals surface area contributed by atoms with E-state index in [2.05, 4.69) is 36.3 Å². The Morgan fingerprint density at radius 3 is 2.88 bits per heavy atom. The number of rotatable bonds is 3. The maximum atomic E-state index is 5.69. The molecule has 0 spiro atoms. The lowest BCUT2D eigenvalue weighted by atomic mass is 10.1. The van der Waals surface area contributed by atoms with Gasteiger partial charge in [0.15, 0.2) is 0 Å². The van der Waals surface area contributed by atoms with Crippen LogP contribution >= 0.6 is 0 Å². The Balaban J connectivity index is 2.33.